The van der Waals surface area contributed by atoms with Gasteiger partial charge < -0.3 is 5.32 Å². The van der Waals surface area contributed by atoms with Gasteiger partial charge in [0.05, 0.1) is 16.6 Å². The zero-order valence-electron chi connectivity index (χ0n) is 17.8. The Kier molecular flexibility index (Phi) is 6.28. The van der Waals surface area contributed by atoms with Crippen LogP contribution in [0.25, 0.3) is 0 Å². The first-order valence-corrected chi connectivity index (χ1v) is 12.0. The van der Waals surface area contributed by atoms with Gasteiger partial charge in [-0.2, -0.15) is 0 Å². The monoisotopic (exact) mass is 452 g/mol. The summed E-state index contributed by atoms with van der Waals surface area (Å²) >= 11 is 0. The first-order chi connectivity index (χ1) is 15.3. The molecule has 0 saturated heterocycles. The number of fused-ring (bicyclic) bond motifs is 1. The number of halogens is 1. The van der Waals surface area contributed by atoms with Crippen LogP contribution in [0.3, 0.4) is 0 Å². The first kappa shape index (κ1) is 22.0. The average molecular weight is 453 g/mol. The van der Waals surface area contributed by atoms with Gasteiger partial charge in [0.2, 0.25) is 5.91 Å². The van der Waals surface area contributed by atoms with Gasteiger partial charge in [-0.05, 0) is 79.3 Å². The van der Waals surface area contributed by atoms with Gasteiger partial charge in [0.25, 0.3) is 10.0 Å². The minimum absolute atomic E-state index is 0.0591. The molecule has 5 nitrogen and oxygen atoms in total. The smallest absolute Gasteiger partial charge is 0.264 e. The largest absolute Gasteiger partial charge is 0.348 e. The highest BCUT2D eigenvalue weighted by atomic mass is 32.2. The van der Waals surface area contributed by atoms with E-state index in [2.05, 4.69) is 17.4 Å². The van der Waals surface area contributed by atoms with Crippen LogP contribution in [0.5, 0.6) is 0 Å². The fraction of sp³-hybridized carbons (Fsp3) is 0.240. The van der Waals surface area contributed by atoms with E-state index >= 15 is 0 Å². The summed E-state index contributed by atoms with van der Waals surface area (Å²) in [6, 6.07) is 18.9. The Hall–Kier alpha value is -3.19. The lowest BCUT2D eigenvalue weighted by Crippen LogP contribution is -2.41. The van der Waals surface area contributed by atoms with E-state index in [-0.39, 0.29) is 16.6 Å². The number of benzene rings is 3. The van der Waals surface area contributed by atoms with Gasteiger partial charge in [-0.3, -0.25) is 9.10 Å². The fourth-order valence-electron chi connectivity index (χ4n) is 4.00. The minimum atomic E-state index is -4.02. The van der Waals surface area contributed by atoms with E-state index in [1.165, 1.54) is 47.5 Å². The Morgan fingerprint density at radius 3 is 2.41 bits per heavy atom. The van der Waals surface area contributed by atoms with Crippen molar-refractivity contribution in [3.05, 3.63) is 95.3 Å². The van der Waals surface area contributed by atoms with Gasteiger partial charge in [-0.15, -0.1) is 0 Å². The predicted octanol–water partition coefficient (Wildman–Crippen LogP) is 4.39. The number of hydrogen-bond acceptors (Lipinski definition) is 3. The van der Waals surface area contributed by atoms with Gasteiger partial charge in [-0.1, -0.05) is 36.4 Å². The van der Waals surface area contributed by atoms with Gasteiger partial charge in [0.15, 0.2) is 0 Å². The third-order valence-electron chi connectivity index (χ3n) is 5.73. The Morgan fingerprint density at radius 1 is 1.00 bits per heavy atom. The summed E-state index contributed by atoms with van der Waals surface area (Å²) in [6.45, 7) is 1.46. The molecule has 1 atom stereocenters. The molecule has 7 heteroatoms. The van der Waals surface area contributed by atoms with Crippen LogP contribution in [-0.2, 0) is 27.7 Å². The Bertz CT molecular complexity index is 1210. The van der Waals surface area contributed by atoms with Crippen LogP contribution in [0.4, 0.5) is 10.1 Å². The van der Waals surface area contributed by atoms with E-state index in [0.29, 0.717) is 0 Å². The predicted molar refractivity (Wildman–Crippen MR) is 122 cm³/mol. The number of hydrogen-bond donors (Lipinski definition) is 1. The molecule has 4 rings (SSSR count). The Morgan fingerprint density at radius 2 is 1.69 bits per heavy atom. The molecule has 0 unspecified atom stereocenters. The number of sulfonamides is 1. The van der Waals surface area contributed by atoms with Crippen molar-refractivity contribution >= 4 is 21.6 Å². The number of nitrogens with zero attached hydrogens (tertiary/aromatic N) is 1. The summed E-state index contributed by atoms with van der Waals surface area (Å²) in [6.07, 6.45) is 3.27. The summed E-state index contributed by atoms with van der Waals surface area (Å²) in [4.78, 5) is 13.0. The normalized spacial score (nSPS) is 13.9. The van der Waals surface area contributed by atoms with Crippen molar-refractivity contribution in [1.29, 1.82) is 0 Å². The molecular formula is C25H25FN2O3S. The maximum Gasteiger partial charge on any atom is 0.264 e. The maximum absolute atomic E-state index is 13.4. The van der Waals surface area contributed by atoms with Crippen LogP contribution in [-0.4, -0.2) is 20.9 Å². The molecule has 0 heterocycles. The van der Waals surface area contributed by atoms with Crippen LogP contribution in [0.1, 0.15) is 36.1 Å². The lowest BCUT2D eigenvalue weighted by Gasteiger charge is -2.25. The summed E-state index contributed by atoms with van der Waals surface area (Å²) < 4.78 is 41.0. The summed E-state index contributed by atoms with van der Waals surface area (Å²) in [5, 5.41) is 2.90. The molecule has 0 fully saturated rings. The molecule has 166 valence electrons. The molecule has 3 aromatic carbocycles. The van der Waals surface area contributed by atoms with E-state index in [0.717, 1.165) is 29.1 Å². The molecule has 1 aliphatic carbocycles. The molecule has 32 heavy (non-hydrogen) atoms. The molecule has 0 radical (unpaired) electrons. The van der Waals surface area contributed by atoms with E-state index in [1.54, 1.807) is 18.2 Å². The molecule has 1 amide bonds. The Balaban J connectivity index is 1.56. The molecular weight excluding hydrogens is 427 g/mol. The third-order valence-corrected chi connectivity index (χ3v) is 7.52. The van der Waals surface area contributed by atoms with Crippen molar-refractivity contribution < 1.29 is 17.6 Å². The molecule has 0 aromatic heterocycles. The number of carbonyl (C=O) groups excluding carboxylic acids is 1. The molecule has 1 N–H and O–H groups in total. The molecule has 1 aliphatic rings. The first-order valence-electron chi connectivity index (χ1n) is 10.6. The van der Waals surface area contributed by atoms with Gasteiger partial charge >= 0.3 is 0 Å². The highest BCUT2D eigenvalue weighted by Crippen LogP contribution is 2.26. The van der Waals surface area contributed by atoms with E-state index in [9.17, 15) is 17.6 Å². The molecule has 0 bridgehead atoms. The van der Waals surface area contributed by atoms with Crippen molar-refractivity contribution in [2.45, 2.75) is 37.1 Å². The van der Waals surface area contributed by atoms with Crippen molar-refractivity contribution in [2.75, 3.05) is 10.8 Å². The highest BCUT2D eigenvalue weighted by molar-refractivity contribution is 7.92. The number of carbonyl (C=O) groups is 1. The van der Waals surface area contributed by atoms with E-state index in [1.807, 2.05) is 13.0 Å². The average Bonchev–Trinajstić information content (AvgIpc) is 3.26. The van der Waals surface area contributed by atoms with Gasteiger partial charge in [0.1, 0.15) is 12.4 Å². The van der Waals surface area contributed by atoms with Crippen LogP contribution in [0.2, 0.25) is 0 Å². The number of aryl methyl sites for hydroxylation is 2. The van der Waals surface area contributed by atoms with Gasteiger partial charge in [0, 0.05) is 0 Å². The number of rotatable bonds is 7. The van der Waals surface area contributed by atoms with Crippen molar-refractivity contribution in [3.8, 4) is 0 Å². The molecule has 0 saturated carbocycles. The van der Waals surface area contributed by atoms with Crippen molar-refractivity contribution in [1.82, 2.24) is 5.32 Å². The van der Waals surface area contributed by atoms with Crippen LogP contribution < -0.4 is 9.62 Å². The van der Waals surface area contributed by atoms with E-state index < -0.39 is 28.3 Å². The quantitative estimate of drug-likeness (QED) is 0.578. The zero-order valence-corrected chi connectivity index (χ0v) is 18.6. The molecule has 0 spiro atoms. The topological polar surface area (TPSA) is 66.5 Å². The second-order valence-electron chi connectivity index (χ2n) is 7.97. The highest BCUT2D eigenvalue weighted by Gasteiger charge is 2.27. The summed E-state index contributed by atoms with van der Waals surface area (Å²) in [5.74, 6) is -0.928. The number of amides is 1. The van der Waals surface area contributed by atoms with Gasteiger partial charge in [-0.25, -0.2) is 12.8 Å². The SMILES string of the molecule is C[C@@H](NC(=O)CN(c1ccc(F)cc1)S(=O)(=O)c1ccccc1)c1ccc2c(c1)CCC2. The third kappa shape index (κ3) is 4.67. The second-order valence-corrected chi connectivity index (χ2v) is 9.83. The summed E-state index contributed by atoms with van der Waals surface area (Å²) in [5.41, 5.74) is 3.86. The van der Waals surface area contributed by atoms with Crippen molar-refractivity contribution in [3.63, 3.8) is 0 Å². The number of anilines is 1. The standard InChI is InChI=1S/C25H25FN2O3S/c1-18(20-11-10-19-6-5-7-21(19)16-20)27-25(29)17-28(23-14-12-22(26)13-15-23)32(30,31)24-8-3-2-4-9-24/h2-4,8-16,18H,5-7,17H2,1H3,(H,27,29)/t18-/m1/s1. The molecule has 0 aliphatic heterocycles. The van der Waals surface area contributed by atoms with Crippen LogP contribution in [0, 0.1) is 5.82 Å². The van der Waals surface area contributed by atoms with Crippen LogP contribution in [0.15, 0.2) is 77.7 Å². The van der Waals surface area contributed by atoms with Crippen LogP contribution >= 0.6 is 0 Å². The maximum atomic E-state index is 13.4. The number of nitrogens with one attached hydrogen (secondary N) is 1. The van der Waals surface area contributed by atoms with Crippen molar-refractivity contribution in [2.24, 2.45) is 0 Å². The zero-order chi connectivity index (χ0) is 22.7. The minimum Gasteiger partial charge on any atom is -0.348 e. The molecule has 3 aromatic rings. The fourth-order valence-corrected chi connectivity index (χ4v) is 5.45. The summed E-state index contributed by atoms with van der Waals surface area (Å²) in [7, 11) is -4.02. The Labute approximate surface area is 187 Å². The lowest BCUT2D eigenvalue weighted by atomic mass is 10.0. The lowest BCUT2D eigenvalue weighted by molar-refractivity contribution is -0.120. The van der Waals surface area contributed by atoms with E-state index in [4.69, 9.17) is 0 Å². The second kappa shape index (κ2) is 9.12.